The Bertz CT molecular complexity index is 859. The molecule has 1 N–H and O–H groups in total. The molecule has 1 aromatic rings. The van der Waals surface area contributed by atoms with Crippen LogP contribution in [-0.4, -0.2) is 43.9 Å². The second-order valence-corrected chi connectivity index (χ2v) is 7.24. The Balaban J connectivity index is 1.59. The van der Waals surface area contributed by atoms with Gasteiger partial charge in [-0.25, -0.2) is 12.8 Å². The molecule has 0 saturated carbocycles. The molecule has 2 aliphatic heterocycles. The van der Waals surface area contributed by atoms with Crippen LogP contribution in [0.4, 0.5) is 4.39 Å². The van der Waals surface area contributed by atoms with Crippen LogP contribution in [0.1, 0.15) is 5.56 Å². The summed E-state index contributed by atoms with van der Waals surface area (Å²) in [6.07, 6.45) is 5.16. The predicted octanol–water partition coefficient (Wildman–Crippen LogP) is 0.982. The van der Waals surface area contributed by atoms with Crippen molar-refractivity contribution >= 4 is 21.8 Å². The normalized spacial score (nSPS) is 18.5. The van der Waals surface area contributed by atoms with E-state index in [0.717, 1.165) is 5.56 Å². The van der Waals surface area contributed by atoms with Crippen LogP contribution < -0.4 is 5.32 Å². The Morgan fingerprint density at radius 2 is 2.17 bits per heavy atom. The van der Waals surface area contributed by atoms with E-state index in [9.17, 15) is 17.6 Å². The number of sulfonamides is 1. The number of amides is 1. The zero-order chi connectivity index (χ0) is 17.2. The fourth-order valence-electron chi connectivity index (χ4n) is 2.45. The Morgan fingerprint density at radius 3 is 2.96 bits per heavy atom. The summed E-state index contributed by atoms with van der Waals surface area (Å²) in [5.41, 5.74) is 1.23. The molecular formula is C16H16FN3O3S. The van der Waals surface area contributed by atoms with Gasteiger partial charge >= 0.3 is 0 Å². The van der Waals surface area contributed by atoms with E-state index >= 15 is 0 Å². The largest absolute Gasteiger partial charge is 0.352 e. The first-order valence-corrected chi connectivity index (χ1v) is 9.06. The first-order valence-electron chi connectivity index (χ1n) is 7.45. The van der Waals surface area contributed by atoms with Gasteiger partial charge in [0.15, 0.2) is 0 Å². The predicted molar refractivity (Wildman–Crippen MR) is 88.3 cm³/mol. The van der Waals surface area contributed by atoms with Crippen molar-refractivity contribution in [3.8, 4) is 0 Å². The van der Waals surface area contributed by atoms with Gasteiger partial charge in [0.2, 0.25) is 0 Å². The average molecular weight is 349 g/mol. The minimum absolute atomic E-state index is 0.0741. The molecule has 2 heterocycles. The van der Waals surface area contributed by atoms with Gasteiger partial charge in [-0.15, -0.1) is 4.40 Å². The molecule has 24 heavy (non-hydrogen) atoms. The minimum Gasteiger partial charge on any atom is -0.352 e. The molecule has 0 saturated heterocycles. The third kappa shape index (κ3) is 3.88. The van der Waals surface area contributed by atoms with Gasteiger partial charge in [0, 0.05) is 19.3 Å². The number of fused-ring (bicyclic) bond motifs is 1. The quantitative estimate of drug-likeness (QED) is 0.879. The summed E-state index contributed by atoms with van der Waals surface area (Å²) in [4.78, 5) is 13.8. The van der Waals surface area contributed by atoms with Crippen LogP contribution in [0.25, 0.3) is 0 Å². The molecule has 0 aliphatic carbocycles. The number of hydrogen-bond acceptors (Lipinski definition) is 4. The highest BCUT2D eigenvalue weighted by atomic mass is 32.2. The second-order valence-electron chi connectivity index (χ2n) is 5.48. The molecule has 1 aromatic carbocycles. The van der Waals surface area contributed by atoms with Crippen LogP contribution in [0, 0.1) is 5.82 Å². The van der Waals surface area contributed by atoms with Gasteiger partial charge in [0.05, 0.1) is 11.3 Å². The maximum atomic E-state index is 13.1. The third-order valence-electron chi connectivity index (χ3n) is 3.67. The number of benzene rings is 1. The van der Waals surface area contributed by atoms with Crippen molar-refractivity contribution in [2.24, 2.45) is 4.40 Å². The van der Waals surface area contributed by atoms with E-state index in [0.29, 0.717) is 24.4 Å². The number of rotatable bonds is 4. The highest BCUT2D eigenvalue weighted by Gasteiger charge is 2.24. The summed E-state index contributed by atoms with van der Waals surface area (Å²) in [5, 5.41) is 2.77. The summed E-state index contributed by atoms with van der Waals surface area (Å²) >= 11 is 0. The Hall–Kier alpha value is -2.48. The molecule has 0 radical (unpaired) electrons. The maximum Gasteiger partial charge on any atom is 0.256 e. The monoisotopic (exact) mass is 349 g/mol. The number of carbonyl (C=O) groups is 1. The topological polar surface area (TPSA) is 78.8 Å². The highest BCUT2D eigenvalue weighted by Crippen LogP contribution is 2.15. The van der Waals surface area contributed by atoms with Crippen molar-refractivity contribution < 1.29 is 17.6 Å². The fraction of sp³-hybridized carbons (Fsp3) is 0.250. The van der Waals surface area contributed by atoms with Gasteiger partial charge in [-0.3, -0.25) is 4.79 Å². The molecular weight excluding hydrogens is 333 g/mol. The van der Waals surface area contributed by atoms with Crippen molar-refractivity contribution in [1.82, 2.24) is 10.2 Å². The lowest BCUT2D eigenvalue weighted by Crippen LogP contribution is -2.38. The molecule has 0 bridgehead atoms. The van der Waals surface area contributed by atoms with Crippen LogP contribution >= 0.6 is 0 Å². The smallest absolute Gasteiger partial charge is 0.256 e. The van der Waals surface area contributed by atoms with Crippen LogP contribution in [-0.2, 0) is 21.2 Å². The standard InChI is InChI=1S/C16H16FN3O3S/c17-14-3-1-2-12(10-14)6-7-18-16(21)13-4-5-15-19-24(22,23)9-8-20(15)11-13/h1-5,10-11H,6-9H2,(H,18,21). The van der Waals surface area contributed by atoms with Crippen molar-refractivity contribution in [1.29, 1.82) is 0 Å². The summed E-state index contributed by atoms with van der Waals surface area (Å²) in [5.74, 6) is -0.328. The van der Waals surface area contributed by atoms with Gasteiger partial charge in [-0.05, 0) is 36.3 Å². The van der Waals surface area contributed by atoms with Crippen LogP contribution in [0.2, 0.25) is 0 Å². The maximum absolute atomic E-state index is 13.1. The molecule has 1 amide bonds. The second kappa shape index (κ2) is 6.56. The minimum atomic E-state index is -3.40. The molecule has 0 spiro atoms. The van der Waals surface area contributed by atoms with Gasteiger partial charge < -0.3 is 10.2 Å². The molecule has 3 rings (SSSR count). The lowest BCUT2D eigenvalue weighted by Gasteiger charge is -2.26. The van der Waals surface area contributed by atoms with E-state index in [-0.39, 0.29) is 24.0 Å². The average Bonchev–Trinajstić information content (AvgIpc) is 2.53. The van der Waals surface area contributed by atoms with Crippen LogP contribution in [0.5, 0.6) is 0 Å². The van der Waals surface area contributed by atoms with Crippen molar-refractivity contribution in [3.63, 3.8) is 0 Å². The Labute approximate surface area is 139 Å². The fourth-order valence-corrected chi connectivity index (χ4v) is 3.42. The zero-order valence-electron chi connectivity index (χ0n) is 12.8. The third-order valence-corrected chi connectivity index (χ3v) is 4.84. The van der Waals surface area contributed by atoms with Gasteiger partial charge in [-0.2, -0.15) is 0 Å². The summed E-state index contributed by atoms with van der Waals surface area (Å²) < 4.78 is 39.6. The lowest BCUT2D eigenvalue weighted by atomic mass is 10.1. The molecule has 8 heteroatoms. The van der Waals surface area contributed by atoms with Gasteiger partial charge in [0.25, 0.3) is 15.9 Å². The number of carbonyl (C=O) groups excluding carboxylic acids is 1. The summed E-state index contributed by atoms with van der Waals surface area (Å²) in [6.45, 7) is 0.647. The Morgan fingerprint density at radius 1 is 1.33 bits per heavy atom. The zero-order valence-corrected chi connectivity index (χ0v) is 13.6. The molecule has 0 atom stereocenters. The van der Waals surface area contributed by atoms with E-state index in [1.165, 1.54) is 24.3 Å². The van der Waals surface area contributed by atoms with E-state index in [2.05, 4.69) is 9.71 Å². The van der Waals surface area contributed by atoms with Gasteiger partial charge in [-0.1, -0.05) is 12.1 Å². The molecule has 2 aliphatic rings. The molecule has 6 nitrogen and oxygen atoms in total. The molecule has 0 unspecified atom stereocenters. The molecule has 0 fully saturated rings. The molecule has 126 valence electrons. The highest BCUT2D eigenvalue weighted by molar-refractivity contribution is 7.90. The number of nitrogens with zero attached hydrogens (tertiary/aromatic N) is 2. The first-order chi connectivity index (χ1) is 11.4. The van der Waals surface area contributed by atoms with E-state index in [1.54, 1.807) is 23.2 Å². The first kappa shape index (κ1) is 16.4. The van der Waals surface area contributed by atoms with Crippen molar-refractivity contribution in [2.45, 2.75) is 6.42 Å². The summed E-state index contributed by atoms with van der Waals surface area (Å²) in [7, 11) is -3.40. The number of hydrogen-bond donors (Lipinski definition) is 1. The molecule has 0 aromatic heterocycles. The van der Waals surface area contributed by atoms with Crippen molar-refractivity contribution in [2.75, 3.05) is 18.8 Å². The lowest BCUT2D eigenvalue weighted by molar-refractivity contribution is -0.117. The van der Waals surface area contributed by atoms with Crippen molar-refractivity contribution in [3.05, 3.63) is 59.6 Å². The van der Waals surface area contributed by atoms with Gasteiger partial charge in [0.1, 0.15) is 11.7 Å². The summed E-state index contributed by atoms with van der Waals surface area (Å²) in [6, 6.07) is 6.23. The van der Waals surface area contributed by atoms with Crippen LogP contribution in [0.3, 0.4) is 0 Å². The number of nitrogens with one attached hydrogen (secondary N) is 1. The SMILES string of the molecule is O=C(NCCc1cccc(F)c1)C1=CN2CCS(=O)(=O)N=C2C=C1. The van der Waals surface area contributed by atoms with E-state index < -0.39 is 10.0 Å². The Kier molecular flexibility index (Phi) is 4.48. The van der Waals surface area contributed by atoms with Crippen LogP contribution in [0.15, 0.2) is 52.6 Å². The van der Waals surface area contributed by atoms with E-state index in [1.807, 2.05) is 0 Å². The number of halogens is 1. The van der Waals surface area contributed by atoms with E-state index in [4.69, 9.17) is 0 Å². The number of amidine groups is 1.